The molecule has 6 nitrogen and oxygen atoms in total. The predicted molar refractivity (Wildman–Crippen MR) is 86.4 cm³/mol. The van der Waals surface area contributed by atoms with E-state index in [9.17, 15) is 4.79 Å². The number of carbonyl (C=O) groups excluding carboxylic acids is 1. The Hall–Kier alpha value is -3.15. The number of nitrogens with zero attached hydrogens (tertiary/aromatic N) is 3. The molecule has 1 N–H and O–H groups in total. The summed E-state index contributed by atoms with van der Waals surface area (Å²) >= 11 is 0. The Morgan fingerprint density at radius 1 is 1.09 bits per heavy atom. The van der Waals surface area contributed by atoms with Gasteiger partial charge in [-0.3, -0.25) is 4.79 Å². The molecule has 3 rings (SSSR count). The molecule has 6 heteroatoms. The number of benzene rings is 1. The van der Waals surface area contributed by atoms with Crippen LogP contribution in [0.25, 0.3) is 0 Å². The van der Waals surface area contributed by atoms with Crippen molar-refractivity contribution < 1.29 is 9.21 Å². The number of carbonyl (C=O) groups is 1. The highest BCUT2D eigenvalue weighted by Crippen LogP contribution is 2.20. The molecule has 23 heavy (non-hydrogen) atoms. The first kappa shape index (κ1) is 14.8. The molecule has 0 saturated heterocycles. The fourth-order valence-corrected chi connectivity index (χ4v) is 2.08. The number of para-hydroxylation sites is 1. The molecule has 0 radical (unpaired) electrons. The lowest BCUT2D eigenvalue weighted by atomic mass is 10.3. The Labute approximate surface area is 133 Å². The Morgan fingerprint density at radius 3 is 2.57 bits per heavy atom. The first-order chi connectivity index (χ1) is 11.2. The smallest absolute Gasteiger partial charge is 0.272 e. The zero-order valence-corrected chi connectivity index (χ0v) is 12.6. The van der Waals surface area contributed by atoms with Gasteiger partial charge in [0, 0.05) is 12.7 Å². The highest BCUT2D eigenvalue weighted by atomic mass is 16.3. The molecule has 2 heterocycles. The van der Waals surface area contributed by atoms with Crippen molar-refractivity contribution in [1.29, 1.82) is 0 Å². The second kappa shape index (κ2) is 6.74. The number of rotatable bonds is 5. The number of furan rings is 1. The molecule has 1 aromatic carbocycles. The average molecular weight is 308 g/mol. The van der Waals surface area contributed by atoms with Crippen LogP contribution in [0, 0.1) is 0 Å². The fraction of sp³-hybridized carbons (Fsp3) is 0.118. The molecule has 1 amide bonds. The van der Waals surface area contributed by atoms with Gasteiger partial charge in [0.1, 0.15) is 5.76 Å². The van der Waals surface area contributed by atoms with Gasteiger partial charge < -0.3 is 14.6 Å². The molecule has 0 aliphatic carbocycles. The van der Waals surface area contributed by atoms with E-state index in [0.717, 1.165) is 5.69 Å². The van der Waals surface area contributed by atoms with Gasteiger partial charge in [-0.25, -0.2) is 0 Å². The number of hydrogen-bond acceptors (Lipinski definition) is 5. The molecule has 0 bridgehead atoms. The second-order valence-corrected chi connectivity index (χ2v) is 4.93. The van der Waals surface area contributed by atoms with Gasteiger partial charge in [0.2, 0.25) is 0 Å². The summed E-state index contributed by atoms with van der Waals surface area (Å²) in [5.41, 5.74) is 1.26. The molecule has 0 aliphatic heterocycles. The largest absolute Gasteiger partial charge is 0.467 e. The van der Waals surface area contributed by atoms with E-state index in [1.54, 1.807) is 30.5 Å². The number of anilines is 2. The zero-order chi connectivity index (χ0) is 16.1. The van der Waals surface area contributed by atoms with Crippen molar-refractivity contribution in [2.24, 2.45) is 0 Å². The van der Waals surface area contributed by atoms with Crippen LogP contribution in [0.5, 0.6) is 0 Å². The van der Waals surface area contributed by atoms with Crippen LogP contribution >= 0.6 is 0 Å². The van der Waals surface area contributed by atoms with Crippen molar-refractivity contribution in [3.05, 3.63) is 72.3 Å². The minimum absolute atomic E-state index is 0.266. The maximum absolute atomic E-state index is 12.0. The molecule has 0 saturated carbocycles. The summed E-state index contributed by atoms with van der Waals surface area (Å²) in [6.45, 7) is 0.319. The maximum atomic E-state index is 12.0. The summed E-state index contributed by atoms with van der Waals surface area (Å²) in [5, 5.41) is 10.8. The molecule has 0 aliphatic rings. The first-order valence-electron chi connectivity index (χ1n) is 7.17. The minimum atomic E-state index is -0.289. The van der Waals surface area contributed by atoms with Gasteiger partial charge in [-0.1, -0.05) is 18.2 Å². The van der Waals surface area contributed by atoms with Crippen molar-refractivity contribution in [1.82, 2.24) is 15.5 Å². The minimum Gasteiger partial charge on any atom is -0.467 e. The van der Waals surface area contributed by atoms with Gasteiger partial charge in [0.25, 0.3) is 5.91 Å². The number of amides is 1. The van der Waals surface area contributed by atoms with Gasteiger partial charge in [-0.05, 0) is 36.4 Å². The lowest BCUT2D eigenvalue weighted by Gasteiger charge is -2.17. The Morgan fingerprint density at radius 2 is 1.91 bits per heavy atom. The van der Waals surface area contributed by atoms with Crippen molar-refractivity contribution in [3.63, 3.8) is 0 Å². The highest BCUT2D eigenvalue weighted by Gasteiger charge is 2.11. The van der Waals surface area contributed by atoms with Crippen molar-refractivity contribution >= 4 is 17.4 Å². The van der Waals surface area contributed by atoms with E-state index < -0.39 is 0 Å². The van der Waals surface area contributed by atoms with Crippen LogP contribution in [0.15, 0.2) is 65.3 Å². The van der Waals surface area contributed by atoms with Crippen molar-refractivity contribution in [3.8, 4) is 0 Å². The van der Waals surface area contributed by atoms with E-state index in [-0.39, 0.29) is 11.6 Å². The van der Waals surface area contributed by atoms with E-state index in [1.165, 1.54) is 0 Å². The standard InChI is InChI=1S/C17H16N4O2/c1-21(13-6-3-2-4-7-13)16-10-9-15(19-20-16)17(22)18-12-14-8-5-11-23-14/h2-11H,12H2,1H3,(H,18,22). The SMILES string of the molecule is CN(c1ccccc1)c1ccc(C(=O)NCc2ccco2)nn1. The summed E-state index contributed by atoms with van der Waals surface area (Å²) < 4.78 is 5.16. The third kappa shape index (κ3) is 3.55. The van der Waals surface area contributed by atoms with Crippen LogP contribution in [0.3, 0.4) is 0 Å². The molecular formula is C17H16N4O2. The van der Waals surface area contributed by atoms with E-state index in [2.05, 4.69) is 15.5 Å². The maximum Gasteiger partial charge on any atom is 0.272 e. The first-order valence-corrected chi connectivity index (χ1v) is 7.17. The molecule has 0 atom stereocenters. The van der Waals surface area contributed by atoms with Gasteiger partial charge in [-0.2, -0.15) is 0 Å². The van der Waals surface area contributed by atoms with Gasteiger partial charge in [0.05, 0.1) is 12.8 Å². The quantitative estimate of drug-likeness (QED) is 0.784. The molecule has 0 unspecified atom stereocenters. The monoisotopic (exact) mass is 308 g/mol. The second-order valence-electron chi connectivity index (χ2n) is 4.93. The number of nitrogens with one attached hydrogen (secondary N) is 1. The van der Waals surface area contributed by atoms with E-state index >= 15 is 0 Å². The molecule has 0 fully saturated rings. The normalized spacial score (nSPS) is 10.3. The lowest BCUT2D eigenvalue weighted by Crippen LogP contribution is -2.24. The summed E-state index contributed by atoms with van der Waals surface area (Å²) in [6, 6.07) is 16.8. The van der Waals surface area contributed by atoms with Crippen LogP contribution < -0.4 is 10.2 Å². The lowest BCUT2D eigenvalue weighted by molar-refractivity contribution is 0.0942. The van der Waals surface area contributed by atoms with Crippen LogP contribution in [0.4, 0.5) is 11.5 Å². The van der Waals surface area contributed by atoms with E-state index in [0.29, 0.717) is 18.1 Å². The Balaban J connectivity index is 1.65. The number of hydrogen-bond donors (Lipinski definition) is 1. The molecule has 3 aromatic rings. The molecular weight excluding hydrogens is 292 g/mol. The summed E-state index contributed by atoms with van der Waals surface area (Å²) in [7, 11) is 1.90. The molecule has 0 spiro atoms. The molecule has 116 valence electrons. The molecule has 2 aromatic heterocycles. The van der Waals surface area contributed by atoms with Gasteiger partial charge in [0.15, 0.2) is 11.5 Å². The third-order valence-corrected chi connectivity index (χ3v) is 3.37. The van der Waals surface area contributed by atoms with E-state index in [1.807, 2.05) is 42.3 Å². The topological polar surface area (TPSA) is 71.3 Å². The summed E-state index contributed by atoms with van der Waals surface area (Å²) in [5.74, 6) is 1.06. The van der Waals surface area contributed by atoms with Crippen molar-refractivity contribution in [2.45, 2.75) is 6.54 Å². The average Bonchev–Trinajstić information content (AvgIpc) is 3.13. The Bertz CT molecular complexity index is 755. The van der Waals surface area contributed by atoms with Gasteiger partial charge in [-0.15, -0.1) is 10.2 Å². The number of aromatic nitrogens is 2. The van der Waals surface area contributed by atoms with E-state index in [4.69, 9.17) is 4.42 Å². The fourth-order valence-electron chi connectivity index (χ4n) is 2.08. The highest BCUT2D eigenvalue weighted by molar-refractivity contribution is 5.92. The van der Waals surface area contributed by atoms with Crippen molar-refractivity contribution in [2.75, 3.05) is 11.9 Å². The van der Waals surface area contributed by atoms with Crippen LogP contribution in [0.2, 0.25) is 0 Å². The summed E-state index contributed by atoms with van der Waals surface area (Å²) in [6.07, 6.45) is 1.56. The third-order valence-electron chi connectivity index (χ3n) is 3.37. The van der Waals surface area contributed by atoms with Crippen LogP contribution in [-0.2, 0) is 6.54 Å². The zero-order valence-electron chi connectivity index (χ0n) is 12.6. The van der Waals surface area contributed by atoms with Gasteiger partial charge >= 0.3 is 0 Å². The Kier molecular flexibility index (Phi) is 4.33. The predicted octanol–water partition coefficient (Wildman–Crippen LogP) is 2.77. The van der Waals surface area contributed by atoms with Crippen LogP contribution in [-0.4, -0.2) is 23.2 Å². The summed E-state index contributed by atoms with van der Waals surface area (Å²) in [4.78, 5) is 13.9. The van der Waals surface area contributed by atoms with Crippen LogP contribution in [0.1, 0.15) is 16.2 Å².